The quantitative estimate of drug-likeness (QED) is 0.241. The van der Waals surface area contributed by atoms with Crippen molar-refractivity contribution in [1.82, 2.24) is 19.9 Å². The summed E-state index contributed by atoms with van der Waals surface area (Å²) < 4.78 is 42.7. The Morgan fingerprint density at radius 3 is 2.38 bits per heavy atom. The van der Waals surface area contributed by atoms with Gasteiger partial charge in [-0.1, -0.05) is 43.2 Å². The zero-order chi connectivity index (χ0) is 31.1. The van der Waals surface area contributed by atoms with Crippen molar-refractivity contribution in [3.8, 4) is 22.9 Å². The molecule has 0 radical (unpaired) electrons. The lowest BCUT2D eigenvalue weighted by Gasteiger charge is -2.29. The van der Waals surface area contributed by atoms with E-state index in [2.05, 4.69) is 19.7 Å². The van der Waals surface area contributed by atoms with E-state index in [1.807, 2.05) is 45.0 Å². The average molecular weight is 626 g/mol. The summed E-state index contributed by atoms with van der Waals surface area (Å²) in [7, 11) is -4.00. The third-order valence-electron chi connectivity index (χ3n) is 9.42. The van der Waals surface area contributed by atoms with Gasteiger partial charge in [0.15, 0.2) is 5.75 Å². The summed E-state index contributed by atoms with van der Waals surface area (Å²) in [6, 6.07) is 13.3. The number of benzene rings is 2. The molecule has 0 amide bonds. The van der Waals surface area contributed by atoms with E-state index in [0.717, 1.165) is 47.1 Å². The zero-order valence-corrected chi connectivity index (χ0v) is 26.8. The molecule has 2 fully saturated rings. The number of nitrogens with one attached hydrogen (secondary N) is 1. The van der Waals surface area contributed by atoms with Crippen molar-refractivity contribution >= 4 is 16.0 Å². The number of hydrogen-bond donors (Lipinski definition) is 1. The number of fused-ring (bicyclic) bond motifs is 4. The molecule has 0 saturated heterocycles. The highest BCUT2D eigenvalue weighted by atomic mass is 32.2. The van der Waals surface area contributed by atoms with Crippen LogP contribution < -0.4 is 14.2 Å². The summed E-state index contributed by atoms with van der Waals surface area (Å²) >= 11 is 0. The lowest BCUT2D eigenvalue weighted by Crippen LogP contribution is -2.26. The molecule has 1 N–H and O–H groups in total. The van der Waals surface area contributed by atoms with Gasteiger partial charge in [-0.05, 0) is 87.1 Å². The van der Waals surface area contributed by atoms with Crippen molar-refractivity contribution in [2.24, 2.45) is 11.8 Å². The van der Waals surface area contributed by atoms with Gasteiger partial charge in [-0.25, -0.2) is 28.1 Å². The Morgan fingerprint density at radius 2 is 1.69 bits per heavy atom. The zero-order valence-electron chi connectivity index (χ0n) is 26.0. The molecule has 2 saturated carbocycles. The van der Waals surface area contributed by atoms with Gasteiger partial charge in [0.2, 0.25) is 11.8 Å². The van der Waals surface area contributed by atoms with E-state index in [1.54, 1.807) is 30.6 Å². The van der Waals surface area contributed by atoms with Gasteiger partial charge >= 0.3 is 0 Å². The van der Waals surface area contributed by atoms with Crippen LogP contribution in [0.2, 0.25) is 0 Å². The average Bonchev–Trinajstić information content (AvgIpc) is 3.82. The van der Waals surface area contributed by atoms with Crippen molar-refractivity contribution in [3.63, 3.8) is 0 Å². The number of aryl methyl sites for hydroxylation is 2. The normalized spacial score (nSPS) is 21.0. The third kappa shape index (κ3) is 6.38. The highest BCUT2D eigenvalue weighted by Gasteiger charge is 2.34. The molecule has 3 aliphatic rings. The second-order valence-electron chi connectivity index (χ2n) is 12.8. The first kappa shape index (κ1) is 29.6. The van der Waals surface area contributed by atoms with E-state index in [1.165, 1.54) is 19.3 Å². The maximum absolute atomic E-state index is 13.8. The minimum Gasteiger partial charge on any atom is -0.487 e. The van der Waals surface area contributed by atoms with Crippen LogP contribution in [0.25, 0.3) is 11.3 Å². The second-order valence-corrected chi connectivity index (χ2v) is 14.5. The van der Waals surface area contributed by atoms with Crippen molar-refractivity contribution in [2.45, 2.75) is 82.6 Å². The molecule has 234 valence electrons. The van der Waals surface area contributed by atoms with E-state index in [-0.39, 0.29) is 28.8 Å². The van der Waals surface area contributed by atoms with E-state index < -0.39 is 10.0 Å². The summed E-state index contributed by atoms with van der Waals surface area (Å²) in [6.07, 6.45) is 11.0. The Hall–Kier alpha value is -4.05. The lowest BCUT2D eigenvalue weighted by atomic mass is 9.80. The predicted molar refractivity (Wildman–Crippen MR) is 172 cm³/mol. The number of ether oxygens (including phenoxy) is 2. The molecule has 45 heavy (non-hydrogen) atoms. The molecule has 2 aromatic carbocycles. The van der Waals surface area contributed by atoms with Crippen LogP contribution in [0.4, 0.5) is 5.95 Å². The molecule has 9 nitrogen and oxygen atoms in total. The topological polar surface area (TPSA) is 116 Å². The molecule has 7 rings (SSSR count). The van der Waals surface area contributed by atoms with Gasteiger partial charge in [-0.15, -0.1) is 0 Å². The molecular formula is C35H39N5O4S. The van der Waals surface area contributed by atoms with Gasteiger partial charge in [0.1, 0.15) is 5.82 Å². The second kappa shape index (κ2) is 12.0. The Balaban J connectivity index is 1.29. The molecule has 2 aromatic heterocycles. The number of rotatable bonds is 7. The summed E-state index contributed by atoms with van der Waals surface area (Å²) in [6.45, 7) is 6.42. The lowest BCUT2D eigenvalue weighted by molar-refractivity contribution is 0.119. The molecule has 2 aliphatic carbocycles. The van der Waals surface area contributed by atoms with Crippen LogP contribution in [0.5, 0.6) is 11.6 Å². The Kier molecular flexibility index (Phi) is 7.93. The molecular weight excluding hydrogens is 586 g/mol. The van der Waals surface area contributed by atoms with Crippen LogP contribution in [-0.4, -0.2) is 41.1 Å². The summed E-state index contributed by atoms with van der Waals surface area (Å²) in [4.78, 5) is 18.9. The maximum Gasteiger partial charge on any atom is 0.264 e. The molecule has 10 heteroatoms. The Morgan fingerprint density at radius 1 is 0.956 bits per heavy atom. The van der Waals surface area contributed by atoms with Gasteiger partial charge in [-0.2, -0.15) is 4.98 Å². The molecule has 3 heterocycles. The molecule has 4 bridgehead atoms. The number of nitrogens with zero attached hydrogens (tertiary/aromatic N) is 4. The van der Waals surface area contributed by atoms with E-state index >= 15 is 0 Å². The monoisotopic (exact) mass is 625 g/mol. The minimum absolute atomic E-state index is 0.00729. The summed E-state index contributed by atoms with van der Waals surface area (Å²) in [5, 5.41) is 0. The summed E-state index contributed by atoms with van der Waals surface area (Å²) in [5.41, 5.74) is 5.39. The van der Waals surface area contributed by atoms with Crippen molar-refractivity contribution in [1.29, 1.82) is 0 Å². The van der Waals surface area contributed by atoms with Crippen LogP contribution in [-0.2, 0) is 16.4 Å². The van der Waals surface area contributed by atoms with E-state index in [9.17, 15) is 8.42 Å². The molecule has 1 unspecified atom stereocenters. The highest BCUT2D eigenvalue weighted by Crippen LogP contribution is 2.42. The molecule has 0 spiro atoms. The largest absolute Gasteiger partial charge is 0.487 e. The number of aromatic nitrogens is 4. The maximum atomic E-state index is 13.8. The first-order valence-corrected chi connectivity index (χ1v) is 17.4. The van der Waals surface area contributed by atoms with Crippen LogP contribution in [0, 0.1) is 32.6 Å². The molecule has 4 aromatic rings. The van der Waals surface area contributed by atoms with E-state index in [4.69, 9.17) is 14.5 Å². The first-order chi connectivity index (χ1) is 21.7. The van der Waals surface area contributed by atoms with Crippen LogP contribution in [0.15, 0.2) is 59.8 Å². The highest BCUT2D eigenvalue weighted by molar-refractivity contribution is 7.92. The summed E-state index contributed by atoms with van der Waals surface area (Å²) in [5.74, 6) is 2.39. The van der Waals surface area contributed by atoms with Gasteiger partial charge in [-0.3, -0.25) is 0 Å². The van der Waals surface area contributed by atoms with Crippen molar-refractivity contribution in [3.05, 3.63) is 82.9 Å². The van der Waals surface area contributed by atoms with Gasteiger partial charge in [0.25, 0.3) is 10.0 Å². The molecule has 1 aliphatic heterocycles. The fraction of sp³-hybridized carbons (Fsp3) is 0.429. The van der Waals surface area contributed by atoms with Crippen LogP contribution in [0.1, 0.15) is 72.5 Å². The molecule has 2 atom stereocenters. The fourth-order valence-corrected chi connectivity index (χ4v) is 7.46. The van der Waals surface area contributed by atoms with Gasteiger partial charge in [0, 0.05) is 23.5 Å². The minimum atomic E-state index is -4.00. The Bertz CT molecular complexity index is 1800. The van der Waals surface area contributed by atoms with Gasteiger partial charge < -0.3 is 9.47 Å². The SMILES string of the molecule is Cc1cccc(C)c1-c1nc2nc(c1C)OC[C@@H](CC1CC1)C(Cc1ncc(OC3CCC3)cn1)c1cccc(c1)S(=O)(=O)N2. The third-order valence-corrected chi connectivity index (χ3v) is 10.7. The number of sulfonamides is 1. The van der Waals surface area contributed by atoms with Crippen LogP contribution in [0.3, 0.4) is 0 Å². The van der Waals surface area contributed by atoms with Crippen LogP contribution >= 0.6 is 0 Å². The smallest absolute Gasteiger partial charge is 0.264 e. The number of hydrogen-bond acceptors (Lipinski definition) is 8. The Labute approximate surface area is 264 Å². The first-order valence-electron chi connectivity index (χ1n) is 15.9. The fourth-order valence-electron chi connectivity index (χ4n) is 6.46. The number of anilines is 1. The van der Waals surface area contributed by atoms with Crippen molar-refractivity contribution in [2.75, 3.05) is 11.3 Å². The predicted octanol–water partition coefficient (Wildman–Crippen LogP) is 6.73. The van der Waals surface area contributed by atoms with Gasteiger partial charge in [0.05, 0.1) is 35.7 Å². The standard InChI is InChI=1S/C35H39N5O4S/c1-21-7-4-8-22(2)32(21)33-23(3)34-39-35(38-33)40-45(41,42)29-12-5-9-25(16-29)30(26(20-43-34)15-24-13-14-24)17-31-36-18-28(19-37-31)44-27-10-6-11-27/h4-5,7-9,12,16,18-19,24,26-27,30H,6,10-11,13-15,17,20H2,1-3H3,(H,38,39,40)/t26-,30?/m1/s1. The van der Waals surface area contributed by atoms with Crippen molar-refractivity contribution < 1.29 is 17.9 Å². The van der Waals surface area contributed by atoms with E-state index in [0.29, 0.717) is 42.1 Å².